The average molecular weight is 267 g/mol. The molecule has 0 saturated carbocycles. The van der Waals surface area contributed by atoms with Crippen molar-refractivity contribution in [1.82, 2.24) is 0 Å². The van der Waals surface area contributed by atoms with E-state index in [9.17, 15) is 18.0 Å². The lowest BCUT2D eigenvalue weighted by Gasteiger charge is -2.14. The van der Waals surface area contributed by atoms with Gasteiger partial charge < -0.3 is 11.1 Å². The summed E-state index contributed by atoms with van der Waals surface area (Å²) >= 11 is 5.63. The zero-order valence-electron chi connectivity index (χ0n) is 8.64. The molecule has 1 aromatic carbocycles. The summed E-state index contributed by atoms with van der Waals surface area (Å²) < 4.78 is 37.9. The van der Waals surface area contributed by atoms with E-state index < -0.39 is 23.3 Å². The van der Waals surface area contributed by atoms with Gasteiger partial charge in [-0.15, -0.1) is 0 Å². The van der Waals surface area contributed by atoms with Gasteiger partial charge in [-0.05, 0) is 12.1 Å². The molecule has 3 nitrogen and oxygen atoms in total. The second kappa shape index (κ2) is 5.37. The smallest absolute Gasteiger partial charge is 0.330 e. The van der Waals surface area contributed by atoms with Crippen LogP contribution in [0.4, 0.5) is 18.9 Å². The number of rotatable bonds is 3. The maximum atomic E-state index is 12.6. The summed E-state index contributed by atoms with van der Waals surface area (Å²) in [4.78, 5) is 11.2. The first-order valence-corrected chi connectivity index (χ1v) is 5.09. The SMILES string of the molecule is NCCC(=O)Nc1c(Cl)cccc1C(F)(F)F. The average Bonchev–Trinajstić information content (AvgIpc) is 2.19. The van der Waals surface area contributed by atoms with Gasteiger partial charge in [0.25, 0.3) is 0 Å². The van der Waals surface area contributed by atoms with E-state index >= 15 is 0 Å². The molecule has 0 aliphatic heterocycles. The van der Waals surface area contributed by atoms with E-state index in [1.54, 1.807) is 0 Å². The molecule has 1 aromatic rings. The molecule has 0 aromatic heterocycles. The number of anilines is 1. The quantitative estimate of drug-likeness (QED) is 0.884. The summed E-state index contributed by atoms with van der Waals surface area (Å²) in [5.74, 6) is -0.605. The topological polar surface area (TPSA) is 55.1 Å². The van der Waals surface area contributed by atoms with Crippen molar-refractivity contribution >= 4 is 23.2 Å². The molecule has 3 N–H and O–H groups in total. The summed E-state index contributed by atoms with van der Waals surface area (Å²) in [6, 6.07) is 3.29. The third-order valence-corrected chi connectivity index (χ3v) is 2.27. The first-order valence-electron chi connectivity index (χ1n) is 4.72. The van der Waals surface area contributed by atoms with Crippen LogP contribution in [0.25, 0.3) is 0 Å². The molecule has 7 heteroatoms. The summed E-state index contributed by atoms with van der Waals surface area (Å²) in [6.45, 7) is 0.0532. The number of hydrogen-bond acceptors (Lipinski definition) is 2. The number of halogens is 4. The van der Waals surface area contributed by atoms with Crippen LogP contribution >= 0.6 is 11.6 Å². The van der Waals surface area contributed by atoms with Crippen molar-refractivity contribution in [2.24, 2.45) is 5.73 Å². The van der Waals surface area contributed by atoms with Crippen molar-refractivity contribution in [2.45, 2.75) is 12.6 Å². The highest BCUT2D eigenvalue weighted by Crippen LogP contribution is 2.38. The maximum Gasteiger partial charge on any atom is 0.418 e. The minimum atomic E-state index is -4.57. The van der Waals surface area contributed by atoms with E-state index in [2.05, 4.69) is 5.32 Å². The predicted octanol–water partition coefficient (Wildman–Crippen LogP) is 2.65. The van der Waals surface area contributed by atoms with E-state index in [0.29, 0.717) is 0 Å². The van der Waals surface area contributed by atoms with Crippen LogP contribution in [0.15, 0.2) is 18.2 Å². The Kier molecular flexibility index (Phi) is 4.36. The van der Waals surface area contributed by atoms with Gasteiger partial charge in [-0.3, -0.25) is 4.79 Å². The lowest BCUT2D eigenvalue weighted by Crippen LogP contribution is -2.19. The summed E-state index contributed by atoms with van der Waals surface area (Å²) in [7, 11) is 0. The van der Waals surface area contributed by atoms with Crippen molar-refractivity contribution in [2.75, 3.05) is 11.9 Å². The molecule has 0 unspecified atom stereocenters. The Morgan fingerprint density at radius 3 is 2.59 bits per heavy atom. The van der Waals surface area contributed by atoms with Gasteiger partial charge in [-0.25, -0.2) is 0 Å². The summed E-state index contributed by atoms with van der Waals surface area (Å²) in [6.07, 6.45) is -4.64. The molecule has 0 heterocycles. The van der Waals surface area contributed by atoms with Gasteiger partial charge in [0.15, 0.2) is 0 Å². The van der Waals surface area contributed by atoms with Gasteiger partial charge >= 0.3 is 6.18 Å². The summed E-state index contributed by atoms with van der Waals surface area (Å²) in [5, 5.41) is 1.95. The van der Waals surface area contributed by atoms with Gasteiger partial charge in [0, 0.05) is 13.0 Å². The van der Waals surface area contributed by atoms with E-state index in [0.717, 1.165) is 6.07 Å². The molecule has 0 aliphatic carbocycles. The second-order valence-electron chi connectivity index (χ2n) is 3.25. The monoisotopic (exact) mass is 266 g/mol. The zero-order valence-corrected chi connectivity index (χ0v) is 9.40. The number of amides is 1. The highest BCUT2D eigenvalue weighted by atomic mass is 35.5. The van der Waals surface area contributed by atoms with Crippen LogP contribution in [0.1, 0.15) is 12.0 Å². The maximum absolute atomic E-state index is 12.6. The number of hydrogen-bond donors (Lipinski definition) is 2. The van der Waals surface area contributed by atoms with Crippen molar-refractivity contribution in [1.29, 1.82) is 0 Å². The van der Waals surface area contributed by atoms with Crippen LogP contribution in [-0.2, 0) is 11.0 Å². The molecule has 1 rings (SSSR count). The Hall–Kier alpha value is -1.27. The molecule has 0 aliphatic rings. The number of carbonyl (C=O) groups is 1. The molecule has 0 fully saturated rings. The van der Waals surface area contributed by atoms with Gasteiger partial charge in [0.05, 0.1) is 16.3 Å². The molecule has 0 saturated heterocycles. The lowest BCUT2D eigenvalue weighted by atomic mass is 10.1. The Balaban J connectivity index is 3.09. The third kappa shape index (κ3) is 3.61. The number of carbonyl (C=O) groups excluding carboxylic acids is 1. The van der Waals surface area contributed by atoms with Crippen LogP contribution in [0.2, 0.25) is 5.02 Å². The molecule has 17 heavy (non-hydrogen) atoms. The highest BCUT2D eigenvalue weighted by molar-refractivity contribution is 6.34. The van der Waals surface area contributed by atoms with Crippen LogP contribution < -0.4 is 11.1 Å². The number of benzene rings is 1. The molecule has 94 valence electrons. The molecule has 0 radical (unpaired) electrons. The van der Waals surface area contributed by atoms with Gasteiger partial charge in [0.2, 0.25) is 5.91 Å². The molecular formula is C10H10ClF3N2O. The van der Waals surface area contributed by atoms with Crippen molar-refractivity contribution in [3.05, 3.63) is 28.8 Å². The van der Waals surface area contributed by atoms with E-state index in [1.165, 1.54) is 12.1 Å². The number of para-hydroxylation sites is 1. The Morgan fingerprint density at radius 1 is 1.41 bits per heavy atom. The molecule has 0 bridgehead atoms. The first kappa shape index (κ1) is 13.8. The van der Waals surface area contributed by atoms with E-state index in [1.807, 2.05) is 0 Å². The fourth-order valence-electron chi connectivity index (χ4n) is 1.22. The second-order valence-corrected chi connectivity index (χ2v) is 3.65. The normalized spacial score (nSPS) is 11.4. The Morgan fingerprint density at radius 2 is 2.06 bits per heavy atom. The van der Waals surface area contributed by atoms with Crippen LogP contribution in [0, 0.1) is 0 Å². The van der Waals surface area contributed by atoms with E-state index in [4.69, 9.17) is 17.3 Å². The predicted molar refractivity (Wildman–Crippen MR) is 58.8 cm³/mol. The molecule has 0 spiro atoms. The third-order valence-electron chi connectivity index (χ3n) is 1.95. The minimum Gasteiger partial charge on any atom is -0.330 e. The fourth-order valence-corrected chi connectivity index (χ4v) is 1.44. The zero-order chi connectivity index (χ0) is 13.1. The number of nitrogens with two attached hydrogens (primary N) is 1. The largest absolute Gasteiger partial charge is 0.418 e. The Bertz CT molecular complexity index is 421. The fraction of sp³-hybridized carbons (Fsp3) is 0.300. The minimum absolute atomic E-state index is 0.0532. The molecular weight excluding hydrogens is 257 g/mol. The standard InChI is InChI=1S/C10H10ClF3N2O/c11-7-3-1-2-6(10(12,13)14)9(7)16-8(17)4-5-15/h1-3H,4-5,15H2,(H,16,17). The van der Waals surface area contributed by atoms with Crippen molar-refractivity contribution in [3.63, 3.8) is 0 Å². The van der Waals surface area contributed by atoms with Gasteiger partial charge in [-0.2, -0.15) is 13.2 Å². The summed E-state index contributed by atoms with van der Waals surface area (Å²) in [5.41, 5.74) is 3.72. The first-order chi connectivity index (χ1) is 7.86. The van der Waals surface area contributed by atoms with Gasteiger partial charge in [-0.1, -0.05) is 17.7 Å². The van der Waals surface area contributed by atoms with Crippen molar-refractivity contribution < 1.29 is 18.0 Å². The number of nitrogens with one attached hydrogen (secondary N) is 1. The van der Waals surface area contributed by atoms with Crippen LogP contribution in [0.5, 0.6) is 0 Å². The molecule has 1 amide bonds. The number of alkyl halides is 3. The van der Waals surface area contributed by atoms with E-state index in [-0.39, 0.29) is 18.0 Å². The lowest BCUT2D eigenvalue weighted by molar-refractivity contribution is -0.137. The Labute approximate surface area is 101 Å². The van der Waals surface area contributed by atoms with Gasteiger partial charge in [0.1, 0.15) is 0 Å². The van der Waals surface area contributed by atoms with Crippen molar-refractivity contribution in [3.8, 4) is 0 Å². The van der Waals surface area contributed by atoms with Crippen LogP contribution in [-0.4, -0.2) is 12.5 Å². The van der Waals surface area contributed by atoms with Crippen LogP contribution in [0.3, 0.4) is 0 Å². The highest BCUT2D eigenvalue weighted by Gasteiger charge is 2.34. The molecule has 0 atom stereocenters.